The molecule has 1 aliphatic rings. The van der Waals surface area contributed by atoms with Crippen molar-refractivity contribution in [2.24, 2.45) is 0 Å². The van der Waals surface area contributed by atoms with Crippen LogP contribution in [0.25, 0.3) is 10.8 Å². The highest BCUT2D eigenvalue weighted by molar-refractivity contribution is 6.03. The number of amides is 1. The Bertz CT molecular complexity index is 589. The van der Waals surface area contributed by atoms with Gasteiger partial charge < -0.3 is 15.4 Å². The molecule has 5 nitrogen and oxygen atoms in total. The number of carbonyl (C=O) groups excluding carboxylic acids is 1. The summed E-state index contributed by atoms with van der Waals surface area (Å²) in [7, 11) is 0. The molecular formula is C14H15N3O2. The molecule has 0 spiro atoms. The van der Waals surface area contributed by atoms with E-state index in [4.69, 9.17) is 4.74 Å². The number of anilines is 1. The van der Waals surface area contributed by atoms with Crippen molar-refractivity contribution in [1.82, 2.24) is 10.3 Å². The van der Waals surface area contributed by atoms with Gasteiger partial charge in [-0.3, -0.25) is 9.78 Å². The maximum atomic E-state index is 12.1. The topological polar surface area (TPSA) is 63.2 Å². The number of ether oxygens (including phenoxy) is 1. The van der Waals surface area contributed by atoms with Crippen molar-refractivity contribution in [2.75, 3.05) is 25.0 Å². The van der Waals surface area contributed by atoms with E-state index in [0.717, 1.165) is 23.0 Å². The smallest absolute Gasteiger partial charge is 0.254 e. The summed E-state index contributed by atoms with van der Waals surface area (Å²) in [6.07, 6.45) is 3.08. The minimum Gasteiger partial charge on any atom is -0.366 e. The number of carbonyl (C=O) groups is 1. The van der Waals surface area contributed by atoms with Gasteiger partial charge in [0.15, 0.2) is 0 Å². The molecule has 2 aromatic rings. The fourth-order valence-corrected chi connectivity index (χ4v) is 2.18. The number of nitrogens with zero attached hydrogens (tertiary/aromatic N) is 1. The van der Waals surface area contributed by atoms with E-state index in [0.29, 0.717) is 13.2 Å². The average Bonchev–Trinajstić information content (AvgIpc) is 2.48. The van der Waals surface area contributed by atoms with Crippen LogP contribution in [0.1, 0.15) is 0 Å². The van der Waals surface area contributed by atoms with Gasteiger partial charge in [0.2, 0.25) is 0 Å². The lowest BCUT2D eigenvalue weighted by Gasteiger charge is -2.23. The second kappa shape index (κ2) is 5.34. The number of rotatable bonds is 2. The maximum Gasteiger partial charge on any atom is 0.254 e. The first-order valence-electron chi connectivity index (χ1n) is 6.30. The zero-order valence-corrected chi connectivity index (χ0v) is 10.4. The van der Waals surface area contributed by atoms with Gasteiger partial charge in [0, 0.05) is 41.9 Å². The summed E-state index contributed by atoms with van der Waals surface area (Å²) >= 11 is 0. The third kappa shape index (κ3) is 2.57. The van der Waals surface area contributed by atoms with E-state index in [-0.39, 0.29) is 5.91 Å². The Kier molecular flexibility index (Phi) is 3.39. The summed E-state index contributed by atoms with van der Waals surface area (Å²) in [5.74, 6) is -0.114. The summed E-state index contributed by atoms with van der Waals surface area (Å²) in [5.41, 5.74) is 0.791. The number of hydrogen-bond donors (Lipinski definition) is 2. The molecule has 0 aliphatic carbocycles. The van der Waals surface area contributed by atoms with Gasteiger partial charge in [-0.1, -0.05) is 12.1 Å². The molecule has 0 radical (unpaired) electrons. The highest BCUT2D eigenvalue weighted by atomic mass is 16.5. The molecule has 98 valence electrons. The Morgan fingerprint density at radius 3 is 3.21 bits per heavy atom. The molecular weight excluding hydrogens is 242 g/mol. The van der Waals surface area contributed by atoms with Gasteiger partial charge in [-0.2, -0.15) is 0 Å². The lowest BCUT2D eigenvalue weighted by atomic mass is 10.1. The first-order valence-corrected chi connectivity index (χ1v) is 6.30. The summed E-state index contributed by atoms with van der Waals surface area (Å²) in [4.78, 5) is 16.2. The summed E-state index contributed by atoms with van der Waals surface area (Å²) in [5, 5.41) is 8.05. The van der Waals surface area contributed by atoms with E-state index in [1.54, 1.807) is 12.4 Å². The zero-order valence-electron chi connectivity index (χ0n) is 10.4. The number of hydrogen-bond acceptors (Lipinski definition) is 4. The lowest BCUT2D eigenvalue weighted by molar-refractivity contribution is -0.128. The number of nitrogens with one attached hydrogen (secondary N) is 2. The molecule has 1 aromatic heterocycles. The van der Waals surface area contributed by atoms with Crippen molar-refractivity contribution in [3.05, 3.63) is 36.7 Å². The number of morpholine rings is 1. The number of fused-ring (bicyclic) bond motifs is 1. The first kappa shape index (κ1) is 12.1. The van der Waals surface area contributed by atoms with Gasteiger partial charge in [0.25, 0.3) is 5.91 Å². The normalized spacial score (nSPS) is 19.3. The Morgan fingerprint density at radius 1 is 1.42 bits per heavy atom. The van der Waals surface area contributed by atoms with E-state index >= 15 is 0 Å². The van der Waals surface area contributed by atoms with Crippen LogP contribution in [-0.2, 0) is 9.53 Å². The van der Waals surface area contributed by atoms with Gasteiger partial charge in [-0.05, 0) is 12.1 Å². The van der Waals surface area contributed by atoms with Crippen molar-refractivity contribution in [1.29, 1.82) is 0 Å². The van der Waals surface area contributed by atoms with Crippen LogP contribution < -0.4 is 10.6 Å². The monoisotopic (exact) mass is 257 g/mol. The number of benzene rings is 1. The van der Waals surface area contributed by atoms with Crippen molar-refractivity contribution >= 4 is 22.4 Å². The van der Waals surface area contributed by atoms with Gasteiger partial charge in [-0.25, -0.2) is 0 Å². The highest BCUT2D eigenvalue weighted by Crippen LogP contribution is 2.22. The van der Waals surface area contributed by atoms with Crippen molar-refractivity contribution in [3.8, 4) is 0 Å². The third-order valence-corrected chi connectivity index (χ3v) is 3.16. The standard InChI is InChI=1S/C14H15N3O2/c18-14(13-9-16-6-7-19-13)17-12-3-1-2-10-8-15-5-4-11(10)12/h1-5,8,13,16H,6-7,9H2,(H,17,18). The molecule has 2 N–H and O–H groups in total. The van der Waals surface area contributed by atoms with E-state index in [9.17, 15) is 4.79 Å². The van der Waals surface area contributed by atoms with Gasteiger partial charge in [-0.15, -0.1) is 0 Å². The molecule has 1 unspecified atom stereocenters. The molecule has 1 aromatic carbocycles. The van der Waals surface area contributed by atoms with E-state index in [1.165, 1.54) is 0 Å². The minimum absolute atomic E-state index is 0.114. The maximum absolute atomic E-state index is 12.1. The zero-order chi connectivity index (χ0) is 13.1. The second-order valence-corrected chi connectivity index (χ2v) is 4.46. The molecule has 1 saturated heterocycles. The Balaban J connectivity index is 1.82. The molecule has 19 heavy (non-hydrogen) atoms. The van der Waals surface area contributed by atoms with Gasteiger partial charge >= 0.3 is 0 Å². The Morgan fingerprint density at radius 2 is 2.37 bits per heavy atom. The summed E-state index contributed by atoms with van der Waals surface area (Å²) in [6, 6.07) is 7.65. The fraction of sp³-hybridized carbons (Fsp3) is 0.286. The molecule has 5 heteroatoms. The van der Waals surface area contributed by atoms with Gasteiger partial charge in [0.1, 0.15) is 6.10 Å². The first-order chi connectivity index (χ1) is 9.34. The Hall–Kier alpha value is -1.98. The van der Waals surface area contributed by atoms with Crippen LogP contribution in [0.4, 0.5) is 5.69 Å². The van der Waals surface area contributed by atoms with Gasteiger partial charge in [0.05, 0.1) is 6.61 Å². The van der Waals surface area contributed by atoms with Crippen LogP contribution in [-0.4, -0.2) is 36.7 Å². The predicted octanol–water partition coefficient (Wildman–Crippen LogP) is 1.16. The molecule has 0 bridgehead atoms. The van der Waals surface area contributed by atoms with Crippen molar-refractivity contribution in [2.45, 2.75) is 6.10 Å². The quantitative estimate of drug-likeness (QED) is 0.847. The van der Waals surface area contributed by atoms with E-state index in [1.807, 2.05) is 24.3 Å². The van der Waals surface area contributed by atoms with Crippen LogP contribution in [0, 0.1) is 0 Å². The average molecular weight is 257 g/mol. The number of aromatic nitrogens is 1. The molecule has 1 amide bonds. The van der Waals surface area contributed by atoms with Crippen LogP contribution >= 0.6 is 0 Å². The molecule has 3 rings (SSSR count). The summed E-state index contributed by atoms with van der Waals surface area (Å²) < 4.78 is 5.44. The predicted molar refractivity (Wildman–Crippen MR) is 73.0 cm³/mol. The van der Waals surface area contributed by atoms with Crippen LogP contribution in [0.15, 0.2) is 36.7 Å². The fourth-order valence-electron chi connectivity index (χ4n) is 2.18. The molecule has 1 fully saturated rings. The molecule has 1 atom stereocenters. The van der Waals surface area contributed by atoms with Crippen LogP contribution in [0.2, 0.25) is 0 Å². The van der Waals surface area contributed by atoms with Crippen LogP contribution in [0.3, 0.4) is 0 Å². The highest BCUT2D eigenvalue weighted by Gasteiger charge is 2.22. The van der Waals surface area contributed by atoms with Crippen LogP contribution in [0.5, 0.6) is 0 Å². The largest absolute Gasteiger partial charge is 0.366 e. The van der Waals surface area contributed by atoms with E-state index in [2.05, 4.69) is 15.6 Å². The lowest BCUT2D eigenvalue weighted by Crippen LogP contribution is -2.45. The summed E-state index contributed by atoms with van der Waals surface area (Å²) in [6.45, 7) is 1.92. The SMILES string of the molecule is O=C(Nc1cccc2cnccc12)C1CNCCO1. The van der Waals surface area contributed by atoms with Crippen molar-refractivity contribution < 1.29 is 9.53 Å². The third-order valence-electron chi connectivity index (χ3n) is 3.16. The molecule has 2 heterocycles. The van der Waals surface area contributed by atoms with E-state index < -0.39 is 6.10 Å². The Labute approximate surface area is 111 Å². The molecule has 0 saturated carbocycles. The molecule has 1 aliphatic heterocycles. The second-order valence-electron chi connectivity index (χ2n) is 4.46. The van der Waals surface area contributed by atoms with Crippen molar-refractivity contribution in [3.63, 3.8) is 0 Å². The number of pyridine rings is 1. The minimum atomic E-state index is -0.425.